The summed E-state index contributed by atoms with van der Waals surface area (Å²) in [5.74, 6) is 1.27. The zero-order valence-electron chi connectivity index (χ0n) is 31.6. The molecule has 0 aliphatic heterocycles. The van der Waals surface area contributed by atoms with Crippen molar-refractivity contribution in [2.24, 2.45) is 10.8 Å². The van der Waals surface area contributed by atoms with Crippen LogP contribution in [0.2, 0.25) is 0 Å². The summed E-state index contributed by atoms with van der Waals surface area (Å²) in [7, 11) is 0. The maximum absolute atomic E-state index is 12.2. The fourth-order valence-corrected chi connectivity index (χ4v) is 7.69. The summed E-state index contributed by atoms with van der Waals surface area (Å²) in [5, 5.41) is 16.2. The van der Waals surface area contributed by atoms with E-state index in [1.807, 2.05) is 54.7 Å². The Morgan fingerprint density at radius 2 is 1.44 bits per heavy atom. The van der Waals surface area contributed by atoms with E-state index in [9.17, 15) is 9.90 Å². The maximum Gasteiger partial charge on any atom is 0.164 e. The van der Waals surface area contributed by atoms with Gasteiger partial charge in [0.1, 0.15) is 11.5 Å². The molecule has 0 saturated carbocycles. The van der Waals surface area contributed by atoms with Crippen LogP contribution in [-0.4, -0.2) is 15.9 Å². The van der Waals surface area contributed by atoms with Crippen molar-refractivity contribution in [2.75, 3.05) is 0 Å². The van der Waals surface area contributed by atoms with Crippen LogP contribution in [0, 0.1) is 30.7 Å². The van der Waals surface area contributed by atoms with E-state index in [0.29, 0.717) is 0 Å². The molecular weight excluding hydrogens is 815 g/mol. The molecule has 0 spiro atoms. The van der Waals surface area contributed by atoms with Gasteiger partial charge in [-0.2, -0.15) is 0 Å². The molecule has 6 aromatic rings. The average molecular weight is 867 g/mol. The summed E-state index contributed by atoms with van der Waals surface area (Å²) < 4.78 is 8.57. The van der Waals surface area contributed by atoms with Crippen molar-refractivity contribution in [3.63, 3.8) is 0 Å². The Labute approximate surface area is 315 Å². The smallest absolute Gasteiger partial charge is 0.164 e. The van der Waals surface area contributed by atoms with Crippen molar-refractivity contribution in [3.8, 4) is 11.3 Å². The van der Waals surface area contributed by atoms with E-state index in [4.69, 9.17) is 9.40 Å². The van der Waals surface area contributed by atoms with E-state index >= 15 is 0 Å². The number of carbonyl (C=O) groups is 1. The van der Waals surface area contributed by atoms with E-state index < -0.39 is 0 Å². The number of aliphatic hydroxyl groups excluding tert-OH is 1. The second-order valence-corrected chi connectivity index (χ2v) is 16.1. The van der Waals surface area contributed by atoms with Crippen LogP contribution in [0.4, 0.5) is 0 Å². The first-order valence-electron chi connectivity index (χ1n) is 17.7. The number of thiophene rings is 1. The van der Waals surface area contributed by atoms with Gasteiger partial charge in [-0.05, 0) is 62.0 Å². The van der Waals surface area contributed by atoms with E-state index in [0.717, 1.165) is 53.7 Å². The predicted molar refractivity (Wildman–Crippen MR) is 210 cm³/mol. The molecule has 3 heterocycles. The van der Waals surface area contributed by atoms with Gasteiger partial charge in [0.05, 0.1) is 4.70 Å². The van der Waals surface area contributed by atoms with Gasteiger partial charge in [0.2, 0.25) is 0 Å². The average Bonchev–Trinajstić information content (AvgIpc) is 3.63. The number of ketones is 1. The van der Waals surface area contributed by atoms with Crippen LogP contribution >= 0.6 is 11.3 Å². The number of nitrogens with zero attached hydrogens (tertiary/aromatic N) is 1. The molecule has 0 atom stereocenters. The zero-order chi connectivity index (χ0) is 35.9. The van der Waals surface area contributed by atoms with Crippen molar-refractivity contribution < 1.29 is 34.4 Å². The number of aromatic nitrogens is 1. The third-order valence-electron chi connectivity index (χ3n) is 11.1. The van der Waals surface area contributed by atoms with Gasteiger partial charge in [-0.15, -0.1) is 40.5 Å². The van der Waals surface area contributed by atoms with Gasteiger partial charge in [-0.25, -0.2) is 0 Å². The second-order valence-electron chi connectivity index (χ2n) is 15.1. The molecule has 1 N–H and O–H groups in total. The van der Waals surface area contributed by atoms with E-state index in [1.165, 1.54) is 48.1 Å². The van der Waals surface area contributed by atoms with Crippen molar-refractivity contribution in [3.05, 3.63) is 89.5 Å². The minimum atomic E-state index is -0.337. The van der Waals surface area contributed by atoms with Gasteiger partial charge in [-0.1, -0.05) is 104 Å². The number of aryl methyl sites for hydroxylation is 2. The Morgan fingerprint density at radius 3 is 2.06 bits per heavy atom. The van der Waals surface area contributed by atoms with Crippen LogP contribution in [0.1, 0.15) is 105 Å². The molecule has 0 saturated heterocycles. The van der Waals surface area contributed by atoms with Crippen LogP contribution in [0.3, 0.4) is 0 Å². The quantitative estimate of drug-likeness (QED) is 0.0940. The number of rotatable bonds is 8. The van der Waals surface area contributed by atoms with Gasteiger partial charge in [0.15, 0.2) is 11.4 Å². The third-order valence-corrected chi connectivity index (χ3v) is 12.4. The molecule has 0 unspecified atom stereocenters. The normalized spacial score (nSPS) is 12.7. The summed E-state index contributed by atoms with van der Waals surface area (Å²) in [4.78, 5) is 17.0. The largest absolute Gasteiger partial charge is 0.512 e. The van der Waals surface area contributed by atoms with E-state index in [-0.39, 0.29) is 47.9 Å². The Bertz CT molecular complexity index is 2190. The van der Waals surface area contributed by atoms with Gasteiger partial charge in [0.25, 0.3) is 0 Å². The van der Waals surface area contributed by atoms with E-state index in [2.05, 4.69) is 82.3 Å². The molecule has 4 nitrogen and oxygen atoms in total. The molecule has 0 aliphatic carbocycles. The Morgan fingerprint density at radius 1 is 0.840 bits per heavy atom. The van der Waals surface area contributed by atoms with Crippen LogP contribution in [0.15, 0.2) is 71.0 Å². The predicted octanol–water partition coefficient (Wildman–Crippen LogP) is 13.4. The van der Waals surface area contributed by atoms with Gasteiger partial charge in [-0.3, -0.25) is 9.78 Å². The number of allylic oxidation sites excluding steroid dienone is 2. The number of pyridine rings is 1. The second kappa shape index (κ2) is 15.1. The summed E-state index contributed by atoms with van der Waals surface area (Å²) in [6, 6.07) is 21.0. The summed E-state index contributed by atoms with van der Waals surface area (Å²) in [6.07, 6.45) is 6.68. The van der Waals surface area contributed by atoms with E-state index in [1.54, 1.807) is 11.3 Å². The van der Waals surface area contributed by atoms with Gasteiger partial charge < -0.3 is 9.52 Å². The topological polar surface area (TPSA) is 63.3 Å². The number of aliphatic hydroxyl groups is 1. The first-order valence-corrected chi connectivity index (χ1v) is 18.5. The number of furan rings is 1. The van der Waals surface area contributed by atoms with Crippen LogP contribution in [0.25, 0.3) is 53.2 Å². The molecule has 0 aliphatic rings. The summed E-state index contributed by atoms with van der Waals surface area (Å²) in [5.41, 5.74) is 4.99. The van der Waals surface area contributed by atoms with Crippen molar-refractivity contribution in [1.82, 2.24) is 4.98 Å². The standard InChI is InChI=1S/C29H24NOS.C15H28O2.Ir/c1-16-17(2)31-26-20(16)10-11-22-23-12-13-30-25(27(23)32-28(22)26)19-14-18-8-6-7-9-21(18)24(15-19)29(3,4)5;1-7-14(5,8-2)12(16)11-13(17)15(6,9-3)10-4;/h6-13,15H,1-5H3;11,16H,7-10H2,1-6H3;/q-1;;/b;12-11-;. The Balaban J connectivity index is 0.000000269. The molecule has 3 aromatic carbocycles. The first kappa shape index (κ1) is 39.5. The van der Waals surface area contributed by atoms with Gasteiger partial charge >= 0.3 is 0 Å². The number of hydrogen-bond acceptors (Lipinski definition) is 5. The molecule has 6 rings (SSSR count). The molecule has 0 amide bonds. The molecule has 0 bridgehead atoms. The molecule has 50 heavy (non-hydrogen) atoms. The minimum absolute atomic E-state index is 0. The fraction of sp³-hybridized carbons (Fsp3) is 0.409. The van der Waals surface area contributed by atoms with Crippen LogP contribution in [-0.2, 0) is 30.3 Å². The molecule has 267 valence electrons. The summed E-state index contributed by atoms with van der Waals surface area (Å²) in [6.45, 7) is 23.1. The molecule has 1 radical (unpaired) electrons. The number of fused-ring (bicyclic) bond motifs is 6. The fourth-order valence-electron chi connectivity index (χ4n) is 6.41. The van der Waals surface area contributed by atoms with Crippen LogP contribution in [0.5, 0.6) is 0 Å². The molecule has 0 fully saturated rings. The Kier molecular flexibility index (Phi) is 11.9. The summed E-state index contributed by atoms with van der Waals surface area (Å²) >= 11 is 1.78. The Hall–Kier alpha value is -3.31. The zero-order valence-corrected chi connectivity index (χ0v) is 34.8. The number of carbonyl (C=O) groups excluding carboxylic acids is 1. The number of hydrogen-bond donors (Lipinski definition) is 1. The molecular formula is C44H52IrNO3S-. The first-order chi connectivity index (χ1) is 23.1. The van der Waals surface area contributed by atoms with Crippen LogP contribution < -0.4 is 0 Å². The van der Waals surface area contributed by atoms with Crippen molar-refractivity contribution in [1.29, 1.82) is 0 Å². The van der Waals surface area contributed by atoms with Crippen molar-refractivity contribution >= 4 is 59.0 Å². The van der Waals surface area contributed by atoms with Gasteiger partial charge in [0, 0.05) is 64.4 Å². The number of benzene rings is 3. The monoisotopic (exact) mass is 867 g/mol. The SMILES string of the molecule is CCC(C)(CC)C(=O)/C=C(\O)C(C)(CC)CC.Cc1oc2c(ccc3c4ccnc(-c5[c-]c6ccccc6c(C(C)(C)C)c5)c4sc32)c1C.[Ir]. The third kappa shape index (κ3) is 7.22. The van der Waals surface area contributed by atoms with Crippen molar-refractivity contribution in [2.45, 2.75) is 107 Å². The maximum atomic E-state index is 12.2. The minimum Gasteiger partial charge on any atom is -0.512 e. The molecule has 3 aromatic heterocycles. The molecule has 6 heteroatoms.